The van der Waals surface area contributed by atoms with Gasteiger partial charge in [-0.25, -0.2) is 4.68 Å². The van der Waals surface area contributed by atoms with Gasteiger partial charge in [-0.05, 0) is 42.8 Å². The van der Waals surface area contributed by atoms with Crippen LogP contribution in [-0.2, 0) is 6.42 Å². The van der Waals surface area contributed by atoms with Crippen molar-refractivity contribution in [1.82, 2.24) is 9.78 Å². The molecular weight excluding hydrogens is 325 g/mol. The van der Waals surface area contributed by atoms with E-state index in [1.54, 1.807) is 11.3 Å². The highest BCUT2D eigenvalue weighted by atomic mass is 35.5. The number of hydrogen-bond acceptors (Lipinski definition) is 3. The summed E-state index contributed by atoms with van der Waals surface area (Å²) < 4.78 is 2.73. The van der Waals surface area contributed by atoms with Crippen LogP contribution in [0.5, 0.6) is 0 Å². The van der Waals surface area contributed by atoms with Crippen LogP contribution < -0.4 is 5.32 Å². The van der Waals surface area contributed by atoms with Gasteiger partial charge in [0.25, 0.3) is 0 Å². The maximum Gasteiger partial charge on any atom is 0.133 e. The molecule has 0 unspecified atom stereocenters. The van der Waals surface area contributed by atoms with Crippen molar-refractivity contribution in [2.24, 2.45) is 0 Å². The summed E-state index contributed by atoms with van der Waals surface area (Å²) in [5, 5.41) is 8.92. The van der Waals surface area contributed by atoms with Crippen molar-refractivity contribution in [3.8, 4) is 16.3 Å². The lowest BCUT2D eigenvalue weighted by atomic mass is 10.2. The molecule has 0 fully saturated rings. The number of rotatable bonds is 2. The Morgan fingerprint density at radius 3 is 2.62 bits per heavy atom. The Labute approximate surface area is 136 Å². The van der Waals surface area contributed by atoms with Gasteiger partial charge in [0.1, 0.15) is 11.5 Å². The highest BCUT2D eigenvalue weighted by Gasteiger charge is 2.24. The van der Waals surface area contributed by atoms with E-state index in [9.17, 15) is 0 Å². The highest BCUT2D eigenvalue weighted by Crippen LogP contribution is 2.38. The van der Waals surface area contributed by atoms with Crippen LogP contribution in [0.25, 0.3) is 16.3 Å². The Morgan fingerprint density at radius 2 is 1.90 bits per heavy atom. The van der Waals surface area contributed by atoms with E-state index in [1.165, 1.54) is 5.56 Å². The maximum absolute atomic E-state index is 6.06. The SMILES string of the molecule is Clc1ccc(-n2nc(-c3ccc(Cl)s3)c3c2NCC3)cc1. The van der Waals surface area contributed by atoms with Crippen LogP contribution in [-0.4, -0.2) is 16.3 Å². The van der Waals surface area contributed by atoms with Crippen LogP contribution in [0.1, 0.15) is 5.56 Å². The Morgan fingerprint density at radius 1 is 1.10 bits per heavy atom. The van der Waals surface area contributed by atoms with Crippen LogP contribution >= 0.6 is 34.5 Å². The Bertz CT molecular complexity index is 805. The predicted octanol–water partition coefficient (Wildman–Crippen LogP) is 4.88. The molecule has 0 atom stereocenters. The van der Waals surface area contributed by atoms with Crippen molar-refractivity contribution in [2.75, 3.05) is 11.9 Å². The second kappa shape index (κ2) is 5.05. The fraction of sp³-hybridized carbons (Fsp3) is 0.133. The molecule has 0 amide bonds. The molecule has 1 N–H and O–H groups in total. The summed E-state index contributed by atoms with van der Waals surface area (Å²) in [6.07, 6.45) is 0.980. The number of hydrogen-bond donors (Lipinski definition) is 1. The predicted molar refractivity (Wildman–Crippen MR) is 89.1 cm³/mol. The summed E-state index contributed by atoms with van der Waals surface area (Å²) in [7, 11) is 0. The molecule has 21 heavy (non-hydrogen) atoms. The quantitative estimate of drug-likeness (QED) is 0.723. The average Bonchev–Trinajstić information content (AvgIpc) is 3.15. The molecule has 0 radical (unpaired) electrons. The van der Waals surface area contributed by atoms with E-state index in [1.807, 2.05) is 41.1 Å². The van der Waals surface area contributed by atoms with E-state index in [4.69, 9.17) is 28.3 Å². The number of thiophene rings is 1. The number of benzene rings is 1. The fourth-order valence-electron chi connectivity index (χ4n) is 2.58. The molecule has 0 saturated heterocycles. The monoisotopic (exact) mass is 335 g/mol. The van der Waals surface area contributed by atoms with Gasteiger partial charge >= 0.3 is 0 Å². The third-order valence-corrected chi connectivity index (χ3v) is 5.02. The van der Waals surface area contributed by atoms with Gasteiger partial charge in [-0.2, -0.15) is 5.10 Å². The van der Waals surface area contributed by atoms with Gasteiger partial charge in [0, 0.05) is 17.1 Å². The number of halogens is 2. The molecule has 106 valence electrons. The van der Waals surface area contributed by atoms with E-state index < -0.39 is 0 Å². The van der Waals surface area contributed by atoms with Crippen LogP contribution in [0.2, 0.25) is 9.36 Å². The lowest BCUT2D eigenvalue weighted by molar-refractivity contribution is 0.883. The molecular formula is C15H11Cl2N3S. The molecule has 3 aromatic rings. The van der Waals surface area contributed by atoms with Crippen molar-refractivity contribution in [3.63, 3.8) is 0 Å². The van der Waals surface area contributed by atoms with Gasteiger partial charge < -0.3 is 5.32 Å². The minimum atomic E-state index is 0.723. The first-order chi connectivity index (χ1) is 10.2. The number of fused-ring (bicyclic) bond motifs is 1. The molecule has 0 aliphatic carbocycles. The van der Waals surface area contributed by atoms with Gasteiger partial charge in [-0.1, -0.05) is 23.2 Å². The molecule has 0 bridgehead atoms. The zero-order chi connectivity index (χ0) is 14.4. The zero-order valence-electron chi connectivity index (χ0n) is 10.9. The molecule has 2 aromatic heterocycles. The molecule has 3 heterocycles. The van der Waals surface area contributed by atoms with Crippen LogP contribution in [0.3, 0.4) is 0 Å². The Balaban J connectivity index is 1.88. The summed E-state index contributed by atoms with van der Waals surface area (Å²) in [4.78, 5) is 1.10. The lowest BCUT2D eigenvalue weighted by Gasteiger charge is -2.06. The molecule has 1 aliphatic heterocycles. The van der Waals surface area contributed by atoms with Gasteiger partial charge in [-0.15, -0.1) is 11.3 Å². The van der Waals surface area contributed by atoms with Gasteiger partial charge in [0.2, 0.25) is 0 Å². The van der Waals surface area contributed by atoms with Gasteiger partial charge in [0.15, 0.2) is 0 Å². The molecule has 1 aliphatic rings. The van der Waals surface area contributed by atoms with Crippen molar-refractivity contribution in [1.29, 1.82) is 0 Å². The zero-order valence-corrected chi connectivity index (χ0v) is 13.3. The van der Waals surface area contributed by atoms with Crippen LogP contribution in [0.4, 0.5) is 5.82 Å². The minimum absolute atomic E-state index is 0.723. The third-order valence-electron chi connectivity index (χ3n) is 3.53. The molecule has 0 spiro atoms. The first-order valence-corrected chi connectivity index (χ1v) is 8.17. The molecule has 4 rings (SSSR count). The van der Waals surface area contributed by atoms with E-state index >= 15 is 0 Å². The summed E-state index contributed by atoms with van der Waals surface area (Å²) >= 11 is 13.6. The second-order valence-electron chi connectivity index (χ2n) is 4.84. The highest BCUT2D eigenvalue weighted by molar-refractivity contribution is 7.19. The Kier molecular flexibility index (Phi) is 3.17. The average molecular weight is 336 g/mol. The summed E-state index contributed by atoms with van der Waals surface area (Å²) in [5.74, 6) is 1.07. The van der Waals surface area contributed by atoms with Crippen LogP contribution in [0.15, 0.2) is 36.4 Å². The first-order valence-electron chi connectivity index (χ1n) is 6.60. The normalized spacial score (nSPS) is 13.2. The van der Waals surface area contributed by atoms with E-state index in [0.717, 1.165) is 44.4 Å². The second-order valence-corrected chi connectivity index (χ2v) is 7.00. The summed E-state index contributed by atoms with van der Waals surface area (Å²) in [5.41, 5.74) is 3.27. The van der Waals surface area contributed by atoms with Crippen molar-refractivity contribution in [3.05, 3.63) is 51.3 Å². The van der Waals surface area contributed by atoms with E-state index in [-0.39, 0.29) is 0 Å². The molecule has 1 aromatic carbocycles. The number of nitrogens with one attached hydrogen (secondary N) is 1. The molecule has 3 nitrogen and oxygen atoms in total. The van der Waals surface area contributed by atoms with Crippen LogP contribution in [0, 0.1) is 0 Å². The summed E-state index contributed by atoms with van der Waals surface area (Å²) in [6, 6.07) is 11.6. The third kappa shape index (κ3) is 2.24. The minimum Gasteiger partial charge on any atom is -0.369 e. The van der Waals surface area contributed by atoms with Crippen molar-refractivity contribution < 1.29 is 0 Å². The smallest absolute Gasteiger partial charge is 0.133 e. The largest absolute Gasteiger partial charge is 0.369 e. The Hall–Kier alpha value is -1.49. The lowest BCUT2D eigenvalue weighted by Crippen LogP contribution is -2.03. The van der Waals surface area contributed by atoms with Crippen molar-refractivity contribution in [2.45, 2.75) is 6.42 Å². The fourth-order valence-corrected chi connectivity index (χ4v) is 3.76. The van der Waals surface area contributed by atoms with E-state index in [0.29, 0.717) is 0 Å². The van der Waals surface area contributed by atoms with Gasteiger partial charge in [-0.3, -0.25) is 0 Å². The number of nitrogens with zero attached hydrogens (tertiary/aromatic N) is 2. The van der Waals surface area contributed by atoms with Crippen molar-refractivity contribution >= 4 is 40.4 Å². The van der Waals surface area contributed by atoms with E-state index in [2.05, 4.69) is 5.32 Å². The first kappa shape index (κ1) is 13.2. The maximum atomic E-state index is 6.06. The summed E-state index contributed by atoms with van der Waals surface area (Å²) in [6.45, 7) is 0.937. The number of anilines is 1. The standard InChI is InChI=1S/C15H11Cl2N3S/c16-9-1-3-10(4-2-9)20-15-11(7-8-18-15)14(19-20)12-5-6-13(17)21-12/h1-6,18H,7-8H2. The molecule has 0 saturated carbocycles. The number of aromatic nitrogens is 2. The molecule has 6 heteroatoms. The topological polar surface area (TPSA) is 29.9 Å². The van der Waals surface area contributed by atoms with Gasteiger partial charge in [0.05, 0.1) is 14.9 Å².